The van der Waals surface area contributed by atoms with Crippen LogP contribution in [0.2, 0.25) is 0 Å². The third-order valence-electron chi connectivity index (χ3n) is 2.70. The molecule has 4 nitrogen and oxygen atoms in total. The topological polar surface area (TPSA) is 42.5 Å². The first-order chi connectivity index (χ1) is 8.24. The predicted octanol–water partition coefficient (Wildman–Crippen LogP) is 2.03. The van der Waals surface area contributed by atoms with Crippen LogP contribution in [0.15, 0.2) is 12.1 Å². The Balaban J connectivity index is 2.74. The molecule has 17 heavy (non-hydrogen) atoms. The summed E-state index contributed by atoms with van der Waals surface area (Å²) in [5.41, 5.74) is 2.04. The summed E-state index contributed by atoms with van der Waals surface area (Å²) >= 11 is 0. The third kappa shape index (κ3) is 3.53. The maximum atomic E-state index is 5.42. The van der Waals surface area contributed by atoms with Crippen molar-refractivity contribution in [1.82, 2.24) is 5.32 Å². The van der Waals surface area contributed by atoms with Crippen molar-refractivity contribution >= 4 is 5.69 Å². The van der Waals surface area contributed by atoms with Crippen LogP contribution in [0.5, 0.6) is 11.5 Å². The van der Waals surface area contributed by atoms with Gasteiger partial charge in [-0.3, -0.25) is 0 Å². The quantitative estimate of drug-likeness (QED) is 0.713. The molecule has 1 aromatic rings. The lowest BCUT2D eigenvalue weighted by Gasteiger charge is -2.15. The van der Waals surface area contributed by atoms with Crippen molar-refractivity contribution in [3.05, 3.63) is 17.7 Å². The standard InChI is InChI=1S/C13H22N2O2/c1-10-12(16-3)7-6-11(13(10)17-4)15-9-5-8-14-2/h6-7,14-15H,5,8-9H2,1-4H3. The average Bonchev–Trinajstić information content (AvgIpc) is 2.35. The summed E-state index contributed by atoms with van der Waals surface area (Å²) in [4.78, 5) is 0. The van der Waals surface area contributed by atoms with E-state index < -0.39 is 0 Å². The smallest absolute Gasteiger partial charge is 0.148 e. The van der Waals surface area contributed by atoms with Gasteiger partial charge in [0.05, 0.1) is 19.9 Å². The predicted molar refractivity (Wildman–Crippen MR) is 71.3 cm³/mol. The Hall–Kier alpha value is -1.42. The molecule has 1 rings (SSSR count). The van der Waals surface area contributed by atoms with Gasteiger partial charge < -0.3 is 20.1 Å². The Morgan fingerprint density at radius 2 is 1.88 bits per heavy atom. The number of nitrogens with one attached hydrogen (secondary N) is 2. The van der Waals surface area contributed by atoms with Gasteiger partial charge in [0.15, 0.2) is 0 Å². The van der Waals surface area contributed by atoms with E-state index in [0.717, 1.165) is 42.3 Å². The zero-order valence-corrected chi connectivity index (χ0v) is 11.1. The van der Waals surface area contributed by atoms with E-state index in [1.165, 1.54) is 0 Å². The molecule has 0 aromatic heterocycles. The van der Waals surface area contributed by atoms with Gasteiger partial charge in [0.25, 0.3) is 0 Å². The highest BCUT2D eigenvalue weighted by atomic mass is 16.5. The second kappa shape index (κ2) is 7.01. The Bertz CT molecular complexity index is 354. The summed E-state index contributed by atoms with van der Waals surface area (Å²) < 4.78 is 10.7. The van der Waals surface area contributed by atoms with Crippen LogP contribution in [0.25, 0.3) is 0 Å². The summed E-state index contributed by atoms with van der Waals surface area (Å²) in [7, 11) is 5.31. The third-order valence-corrected chi connectivity index (χ3v) is 2.70. The minimum Gasteiger partial charge on any atom is -0.496 e. The van der Waals surface area contributed by atoms with Crippen molar-refractivity contribution in [1.29, 1.82) is 0 Å². The number of methoxy groups -OCH3 is 2. The summed E-state index contributed by atoms with van der Waals surface area (Å²) in [5, 5.41) is 6.49. The molecule has 0 atom stereocenters. The van der Waals surface area contributed by atoms with E-state index in [1.54, 1.807) is 14.2 Å². The average molecular weight is 238 g/mol. The number of benzene rings is 1. The van der Waals surface area contributed by atoms with E-state index >= 15 is 0 Å². The van der Waals surface area contributed by atoms with Crippen LogP contribution in [0.1, 0.15) is 12.0 Å². The molecule has 4 heteroatoms. The minimum atomic E-state index is 0.850. The zero-order chi connectivity index (χ0) is 12.7. The fourth-order valence-electron chi connectivity index (χ4n) is 1.79. The molecule has 2 N–H and O–H groups in total. The fourth-order valence-corrected chi connectivity index (χ4v) is 1.79. The van der Waals surface area contributed by atoms with Crippen molar-refractivity contribution in [3.8, 4) is 11.5 Å². The molecule has 96 valence electrons. The summed E-state index contributed by atoms with van der Waals surface area (Å²) in [6, 6.07) is 3.95. The van der Waals surface area contributed by atoms with Gasteiger partial charge >= 0.3 is 0 Å². The molecule has 0 saturated heterocycles. The fraction of sp³-hybridized carbons (Fsp3) is 0.538. The Morgan fingerprint density at radius 3 is 2.47 bits per heavy atom. The summed E-state index contributed by atoms with van der Waals surface area (Å²) in [6.45, 7) is 3.92. The SMILES string of the molecule is CNCCCNc1ccc(OC)c(C)c1OC. The highest BCUT2D eigenvalue weighted by molar-refractivity contribution is 5.63. The minimum absolute atomic E-state index is 0.850. The van der Waals surface area contributed by atoms with Crippen LogP contribution >= 0.6 is 0 Å². The van der Waals surface area contributed by atoms with Gasteiger partial charge in [-0.05, 0) is 39.1 Å². The molecule has 0 aliphatic carbocycles. The number of hydrogen-bond donors (Lipinski definition) is 2. The Kier molecular flexibility index (Phi) is 5.63. The van der Waals surface area contributed by atoms with E-state index in [9.17, 15) is 0 Å². The molecule has 0 fully saturated rings. The molecule has 0 bridgehead atoms. The van der Waals surface area contributed by atoms with E-state index in [4.69, 9.17) is 9.47 Å². The molecule has 0 amide bonds. The Morgan fingerprint density at radius 1 is 1.12 bits per heavy atom. The van der Waals surface area contributed by atoms with Gasteiger partial charge in [-0.2, -0.15) is 0 Å². The van der Waals surface area contributed by atoms with Crippen molar-refractivity contribution < 1.29 is 9.47 Å². The van der Waals surface area contributed by atoms with Crippen molar-refractivity contribution in [2.75, 3.05) is 39.7 Å². The van der Waals surface area contributed by atoms with Crippen LogP contribution in [0.3, 0.4) is 0 Å². The Labute approximate surface area is 103 Å². The molecule has 0 radical (unpaired) electrons. The maximum Gasteiger partial charge on any atom is 0.148 e. The van der Waals surface area contributed by atoms with Crippen LogP contribution in [-0.4, -0.2) is 34.4 Å². The number of anilines is 1. The van der Waals surface area contributed by atoms with Crippen LogP contribution in [-0.2, 0) is 0 Å². The normalized spacial score (nSPS) is 10.1. The number of rotatable bonds is 7. The number of hydrogen-bond acceptors (Lipinski definition) is 4. The lowest BCUT2D eigenvalue weighted by molar-refractivity contribution is 0.390. The monoisotopic (exact) mass is 238 g/mol. The largest absolute Gasteiger partial charge is 0.496 e. The van der Waals surface area contributed by atoms with E-state index in [0.29, 0.717) is 0 Å². The molecular formula is C13H22N2O2. The lowest BCUT2D eigenvalue weighted by Crippen LogP contribution is -2.13. The van der Waals surface area contributed by atoms with Gasteiger partial charge in [0.1, 0.15) is 11.5 Å². The molecular weight excluding hydrogens is 216 g/mol. The second-order valence-corrected chi connectivity index (χ2v) is 3.86. The van der Waals surface area contributed by atoms with E-state index in [1.807, 2.05) is 26.1 Å². The highest BCUT2D eigenvalue weighted by Crippen LogP contribution is 2.34. The lowest BCUT2D eigenvalue weighted by atomic mass is 10.1. The summed E-state index contributed by atoms with van der Waals surface area (Å²) in [6.07, 6.45) is 1.07. The molecule has 0 aliphatic heterocycles. The zero-order valence-electron chi connectivity index (χ0n) is 11.1. The first-order valence-corrected chi connectivity index (χ1v) is 5.84. The number of ether oxygens (including phenoxy) is 2. The van der Waals surface area contributed by atoms with Gasteiger partial charge in [-0.25, -0.2) is 0 Å². The van der Waals surface area contributed by atoms with Gasteiger partial charge in [0, 0.05) is 12.1 Å². The second-order valence-electron chi connectivity index (χ2n) is 3.86. The molecule has 1 aromatic carbocycles. The van der Waals surface area contributed by atoms with Crippen LogP contribution in [0.4, 0.5) is 5.69 Å². The van der Waals surface area contributed by atoms with Gasteiger partial charge in [-0.15, -0.1) is 0 Å². The molecule has 0 heterocycles. The van der Waals surface area contributed by atoms with Crippen molar-refractivity contribution in [2.24, 2.45) is 0 Å². The van der Waals surface area contributed by atoms with Crippen molar-refractivity contribution in [2.45, 2.75) is 13.3 Å². The van der Waals surface area contributed by atoms with Crippen LogP contribution < -0.4 is 20.1 Å². The van der Waals surface area contributed by atoms with Gasteiger partial charge in [-0.1, -0.05) is 0 Å². The van der Waals surface area contributed by atoms with Gasteiger partial charge in [0.2, 0.25) is 0 Å². The van der Waals surface area contributed by atoms with Crippen LogP contribution in [0, 0.1) is 6.92 Å². The van der Waals surface area contributed by atoms with E-state index in [2.05, 4.69) is 10.6 Å². The summed E-state index contributed by atoms with van der Waals surface area (Å²) in [5.74, 6) is 1.71. The molecule has 0 aliphatic rings. The highest BCUT2D eigenvalue weighted by Gasteiger charge is 2.10. The first-order valence-electron chi connectivity index (χ1n) is 5.84. The molecule has 0 spiro atoms. The maximum absolute atomic E-state index is 5.42. The van der Waals surface area contributed by atoms with Crippen molar-refractivity contribution in [3.63, 3.8) is 0 Å². The molecule has 0 saturated carbocycles. The first kappa shape index (κ1) is 13.6. The van der Waals surface area contributed by atoms with E-state index in [-0.39, 0.29) is 0 Å². The molecule has 0 unspecified atom stereocenters.